The highest BCUT2D eigenvalue weighted by molar-refractivity contribution is 5.94. The van der Waals surface area contributed by atoms with Gasteiger partial charge in [0.05, 0.1) is 0 Å². The topological polar surface area (TPSA) is 151 Å². The number of carbonyl (C=O) groups is 4. The molecule has 0 saturated carbocycles. The molecule has 1 aromatic heterocycles. The van der Waals surface area contributed by atoms with Gasteiger partial charge in [0, 0.05) is 36.5 Å². The van der Waals surface area contributed by atoms with Crippen LogP contribution in [0.5, 0.6) is 5.75 Å². The highest BCUT2D eigenvalue weighted by Crippen LogP contribution is 2.20. The highest BCUT2D eigenvalue weighted by atomic mass is 16.6. The molecule has 0 saturated heterocycles. The lowest BCUT2D eigenvalue weighted by Gasteiger charge is -2.27. The van der Waals surface area contributed by atoms with Crippen molar-refractivity contribution in [2.75, 3.05) is 0 Å². The third-order valence-electron chi connectivity index (χ3n) is 9.00. The Morgan fingerprint density at radius 1 is 0.643 bits per heavy atom. The van der Waals surface area contributed by atoms with Crippen molar-refractivity contribution < 1.29 is 28.7 Å². The summed E-state index contributed by atoms with van der Waals surface area (Å²) in [5, 5.41) is 12.5. The Morgan fingerprint density at radius 3 is 1.89 bits per heavy atom. The van der Waals surface area contributed by atoms with Crippen molar-refractivity contribution in [1.82, 2.24) is 26.3 Å². The summed E-state index contributed by atoms with van der Waals surface area (Å²) < 4.78 is 11.4. The fourth-order valence-electron chi connectivity index (χ4n) is 6.24. The molecule has 5 rings (SSSR count). The van der Waals surface area contributed by atoms with Gasteiger partial charge in [-0.3, -0.25) is 14.4 Å². The van der Waals surface area contributed by atoms with Crippen LogP contribution in [0.3, 0.4) is 0 Å². The van der Waals surface area contributed by atoms with Crippen molar-refractivity contribution in [3.63, 3.8) is 0 Å². The standard InChI is InChI=1S/C45H53N5O6/c1-30(2)24-38(42(52)49-40(41(51)47-27-32-14-8-6-9-15-32)26-34-28-46-37-19-13-12-18-36(34)37)48-43(53)39(50-44(54)56-45(3,4)5)25-31-20-22-35(23-21-31)55-29-33-16-10-7-11-17-33/h6-23,28,30,38-40,46H,24-27,29H2,1-5H3,(H,47,51)(H,48,53)(H,49,52)(H,50,54)/t38-,39-,40-/m0/s1. The van der Waals surface area contributed by atoms with E-state index in [1.807, 2.05) is 129 Å². The number of fused-ring (bicyclic) bond motifs is 1. The minimum absolute atomic E-state index is 0.00530. The predicted octanol–water partition coefficient (Wildman–Crippen LogP) is 6.76. The van der Waals surface area contributed by atoms with Crippen molar-refractivity contribution in [3.05, 3.63) is 138 Å². The van der Waals surface area contributed by atoms with E-state index in [-0.39, 0.29) is 37.6 Å². The zero-order valence-corrected chi connectivity index (χ0v) is 32.8. The van der Waals surface area contributed by atoms with Gasteiger partial charge in [-0.05, 0) is 73.6 Å². The molecule has 0 radical (unpaired) electrons. The first-order valence-electron chi connectivity index (χ1n) is 19.1. The molecule has 3 atom stereocenters. The van der Waals surface area contributed by atoms with E-state index in [1.165, 1.54) is 0 Å². The van der Waals surface area contributed by atoms with Gasteiger partial charge >= 0.3 is 6.09 Å². The molecule has 11 nitrogen and oxygen atoms in total. The maximum Gasteiger partial charge on any atom is 0.408 e. The number of ether oxygens (including phenoxy) is 2. The van der Waals surface area contributed by atoms with Gasteiger partial charge in [-0.15, -0.1) is 0 Å². The van der Waals surface area contributed by atoms with Gasteiger partial charge in [0.15, 0.2) is 0 Å². The van der Waals surface area contributed by atoms with E-state index in [1.54, 1.807) is 20.8 Å². The Balaban J connectivity index is 1.33. The fraction of sp³-hybridized carbons (Fsp3) is 0.333. The van der Waals surface area contributed by atoms with Crippen molar-refractivity contribution >= 4 is 34.7 Å². The van der Waals surface area contributed by atoms with E-state index in [9.17, 15) is 19.2 Å². The van der Waals surface area contributed by atoms with E-state index in [0.29, 0.717) is 12.4 Å². The molecule has 56 heavy (non-hydrogen) atoms. The number of amides is 4. The second-order valence-corrected chi connectivity index (χ2v) is 15.3. The molecule has 4 amide bonds. The average molecular weight is 760 g/mol. The van der Waals surface area contributed by atoms with Gasteiger partial charge in [0.25, 0.3) is 0 Å². The number of para-hydroxylation sites is 1. The number of benzene rings is 4. The molecule has 0 unspecified atom stereocenters. The Bertz CT molecular complexity index is 2040. The van der Waals surface area contributed by atoms with Gasteiger partial charge in [0.2, 0.25) is 17.7 Å². The SMILES string of the molecule is CC(C)C[C@H](NC(=O)[C@H](Cc1ccc(OCc2ccccc2)cc1)NC(=O)OC(C)(C)C)C(=O)N[C@@H](Cc1c[nH]c2ccccc12)C(=O)NCc1ccccc1. The lowest BCUT2D eigenvalue weighted by atomic mass is 9.99. The van der Waals surface area contributed by atoms with Crippen LogP contribution in [0.4, 0.5) is 4.79 Å². The smallest absolute Gasteiger partial charge is 0.408 e. The molecular formula is C45H53N5O6. The normalized spacial score (nSPS) is 13.0. The Labute approximate surface area is 329 Å². The van der Waals surface area contributed by atoms with E-state index < -0.39 is 41.6 Å². The third-order valence-corrected chi connectivity index (χ3v) is 9.00. The third kappa shape index (κ3) is 12.8. The first-order valence-corrected chi connectivity index (χ1v) is 19.1. The second kappa shape index (κ2) is 19.5. The summed E-state index contributed by atoms with van der Waals surface area (Å²) in [4.78, 5) is 58.3. The number of aromatic amines is 1. The van der Waals surface area contributed by atoms with Crippen molar-refractivity contribution in [2.24, 2.45) is 5.92 Å². The van der Waals surface area contributed by atoms with Crippen LogP contribution in [0, 0.1) is 5.92 Å². The summed E-state index contributed by atoms with van der Waals surface area (Å²) in [6.07, 6.45) is 1.70. The minimum atomic E-state index is -1.08. The first kappa shape index (κ1) is 41.1. The summed E-state index contributed by atoms with van der Waals surface area (Å²) in [6.45, 7) is 9.79. The lowest BCUT2D eigenvalue weighted by molar-refractivity contribution is -0.133. The molecule has 11 heteroatoms. The van der Waals surface area contributed by atoms with Gasteiger partial charge < -0.3 is 35.7 Å². The number of hydrogen-bond acceptors (Lipinski definition) is 6. The number of H-pyrrole nitrogens is 1. The number of rotatable bonds is 17. The zero-order valence-electron chi connectivity index (χ0n) is 32.8. The quantitative estimate of drug-likeness (QED) is 0.0708. The molecular weight excluding hydrogens is 707 g/mol. The Kier molecular flexibility index (Phi) is 14.3. The molecule has 0 bridgehead atoms. The number of alkyl carbamates (subject to hydrolysis) is 1. The Morgan fingerprint density at radius 2 is 1.23 bits per heavy atom. The molecule has 0 spiro atoms. The monoisotopic (exact) mass is 759 g/mol. The summed E-state index contributed by atoms with van der Waals surface area (Å²) in [5.41, 5.74) is 3.69. The molecule has 1 heterocycles. The molecule has 0 aliphatic carbocycles. The van der Waals surface area contributed by atoms with Crippen LogP contribution in [-0.2, 0) is 45.1 Å². The van der Waals surface area contributed by atoms with Gasteiger partial charge in [-0.1, -0.05) is 105 Å². The molecule has 294 valence electrons. The maximum atomic E-state index is 14.1. The van der Waals surface area contributed by atoms with Gasteiger partial charge in [-0.2, -0.15) is 0 Å². The predicted molar refractivity (Wildman–Crippen MR) is 218 cm³/mol. The molecule has 0 aliphatic rings. The van der Waals surface area contributed by atoms with Crippen LogP contribution in [-0.4, -0.2) is 52.5 Å². The summed E-state index contributed by atoms with van der Waals surface area (Å²) in [6, 6.07) is 31.4. The van der Waals surface area contributed by atoms with Crippen molar-refractivity contribution in [2.45, 2.75) is 90.8 Å². The zero-order chi connectivity index (χ0) is 40.1. The summed E-state index contributed by atoms with van der Waals surface area (Å²) in [7, 11) is 0. The van der Waals surface area contributed by atoms with Gasteiger partial charge in [-0.25, -0.2) is 4.79 Å². The molecule has 4 aromatic carbocycles. The summed E-state index contributed by atoms with van der Waals surface area (Å²) >= 11 is 0. The highest BCUT2D eigenvalue weighted by Gasteiger charge is 2.32. The van der Waals surface area contributed by atoms with Crippen LogP contribution >= 0.6 is 0 Å². The van der Waals surface area contributed by atoms with E-state index in [2.05, 4.69) is 26.3 Å². The number of hydrogen-bond donors (Lipinski definition) is 5. The molecule has 0 fully saturated rings. The number of aromatic nitrogens is 1. The average Bonchev–Trinajstić information content (AvgIpc) is 3.58. The molecule has 5 N–H and O–H groups in total. The lowest BCUT2D eigenvalue weighted by Crippen LogP contribution is -2.58. The Hall–Kier alpha value is -6.10. The maximum absolute atomic E-state index is 14.1. The number of carbonyl (C=O) groups excluding carboxylic acids is 4. The fourth-order valence-corrected chi connectivity index (χ4v) is 6.24. The van der Waals surface area contributed by atoms with Crippen LogP contribution in [0.25, 0.3) is 10.9 Å². The largest absolute Gasteiger partial charge is 0.489 e. The van der Waals surface area contributed by atoms with Crippen LogP contribution in [0.15, 0.2) is 115 Å². The first-order chi connectivity index (χ1) is 26.8. The van der Waals surface area contributed by atoms with E-state index >= 15 is 0 Å². The van der Waals surface area contributed by atoms with Gasteiger partial charge in [0.1, 0.15) is 36.1 Å². The number of nitrogens with one attached hydrogen (secondary N) is 5. The van der Waals surface area contributed by atoms with Crippen LogP contribution < -0.4 is 26.0 Å². The van der Waals surface area contributed by atoms with E-state index in [4.69, 9.17) is 9.47 Å². The van der Waals surface area contributed by atoms with E-state index in [0.717, 1.165) is 33.2 Å². The van der Waals surface area contributed by atoms with Crippen molar-refractivity contribution in [3.8, 4) is 5.75 Å². The minimum Gasteiger partial charge on any atom is -0.489 e. The van der Waals surface area contributed by atoms with Crippen LogP contribution in [0.2, 0.25) is 0 Å². The van der Waals surface area contributed by atoms with Crippen molar-refractivity contribution in [1.29, 1.82) is 0 Å². The van der Waals surface area contributed by atoms with Crippen LogP contribution in [0.1, 0.15) is 63.3 Å². The molecule has 0 aliphatic heterocycles. The summed E-state index contributed by atoms with van der Waals surface area (Å²) in [5.74, 6) is -0.777. The molecule has 5 aromatic rings. The second-order valence-electron chi connectivity index (χ2n) is 15.3.